The minimum absolute atomic E-state index is 0.0613. The van der Waals surface area contributed by atoms with Crippen LogP contribution in [0.1, 0.15) is 11.1 Å². The Morgan fingerprint density at radius 1 is 0.882 bits per heavy atom. The van der Waals surface area contributed by atoms with E-state index in [9.17, 15) is 16.8 Å². The van der Waals surface area contributed by atoms with E-state index in [1.165, 1.54) is 10.4 Å². The molecule has 2 atom stereocenters. The first-order chi connectivity index (χ1) is 16.2. The molecular weight excluding hydrogens is 604 g/mol. The Morgan fingerprint density at radius 3 is 2.15 bits per heavy atom. The molecule has 4 rings (SSSR count). The maximum Gasteiger partial charge on any atom is 0.244 e. The van der Waals surface area contributed by atoms with Crippen LogP contribution in [0, 0.1) is 0 Å². The molecule has 1 N–H and O–H groups in total. The van der Waals surface area contributed by atoms with Crippen LogP contribution in [0.25, 0.3) is 0 Å². The van der Waals surface area contributed by atoms with Crippen molar-refractivity contribution in [3.05, 3.63) is 98.9 Å². The van der Waals surface area contributed by atoms with Gasteiger partial charge in [0.05, 0.1) is 22.4 Å². The molecule has 0 aliphatic carbocycles. The van der Waals surface area contributed by atoms with E-state index in [-0.39, 0.29) is 22.9 Å². The molecule has 1 heterocycles. The van der Waals surface area contributed by atoms with Crippen molar-refractivity contribution in [2.24, 2.45) is 0 Å². The summed E-state index contributed by atoms with van der Waals surface area (Å²) in [7, 11) is -7.49. The zero-order valence-electron chi connectivity index (χ0n) is 18.1. The highest BCUT2D eigenvalue weighted by Crippen LogP contribution is 2.33. The van der Waals surface area contributed by atoms with Crippen molar-refractivity contribution >= 4 is 51.7 Å². The third kappa shape index (κ3) is 5.98. The summed E-state index contributed by atoms with van der Waals surface area (Å²) < 4.78 is 55.8. The third-order valence-electron chi connectivity index (χ3n) is 5.76. The fourth-order valence-corrected chi connectivity index (χ4v) is 9.26. The minimum Gasteiger partial charge on any atom is -0.307 e. The molecular formula is C24H24Br2N2O4S2. The molecule has 6 nitrogen and oxygen atoms in total. The van der Waals surface area contributed by atoms with Gasteiger partial charge in [-0.05, 0) is 45.3 Å². The van der Waals surface area contributed by atoms with Gasteiger partial charge in [0.15, 0.2) is 9.84 Å². The van der Waals surface area contributed by atoms with Crippen molar-refractivity contribution in [3.63, 3.8) is 0 Å². The van der Waals surface area contributed by atoms with E-state index in [0.717, 1.165) is 11.1 Å². The second-order valence-corrected chi connectivity index (χ2v) is 14.0. The smallest absolute Gasteiger partial charge is 0.244 e. The van der Waals surface area contributed by atoms with E-state index in [4.69, 9.17) is 0 Å². The number of nitrogens with zero attached hydrogens (tertiary/aromatic N) is 1. The van der Waals surface area contributed by atoms with Gasteiger partial charge in [0.25, 0.3) is 0 Å². The summed E-state index contributed by atoms with van der Waals surface area (Å²) in [4.78, 5) is 0.0870. The van der Waals surface area contributed by atoms with Crippen molar-refractivity contribution in [2.45, 2.75) is 30.1 Å². The molecule has 1 aliphatic rings. The summed E-state index contributed by atoms with van der Waals surface area (Å²) in [6.45, 7) is 0.503. The summed E-state index contributed by atoms with van der Waals surface area (Å²) in [5.74, 6) is -0.359. The molecule has 0 saturated carbocycles. The van der Waals surface area contributed by atoms with E-state index in [0.29, 0.717) is 15.5 Å². The van der Waals surface area contributed by atoms with Crippen LogP contribution in [0.15, 0.2) is 92.7 Å². The average molecular weight is 628 g/mol. The first-order valence-electron chi connectivity index (χ1n) is 10.6. The molecule has 1 saturated heterocycles. The maximum absolute atomic E-state index is 14.0. The lowest BCUT2D eigenvalue weighted by Gasteiger charge is -2.32. The lowest BCUT2D eigenvalue weighted by molar-refractivity contribution is 0.286. The number of halogens is 2. The van der Waals surface area contributed by atoms with Crippen LogP contribution in [0.4, 0.5) is 0 Å². The van der Waals surface area contributed by atoms with Gasteiger partial charge in [-0.1, -0.05) is 76.6 Å². The van der Waals surface area contributed by atoms with Crippen molar-refractivity contribution in [3.8, 4) is 0 Å². The maximum atomic E-state index is 14.0. The highest BCUT2D eigenvalue weighted by Gasteiger charge is 2.45. The zero-order chi connectivity index (χ0) is 24.3. The SMILES string of the molecule is O=S1(=O)C[C@@H](NCc2ccccc2)[C@@H](N(Cc2ccccc2)S(=O)(=O)c2cc(Br)ccc2Br)C1. The highest BCUT2D eigenvalue weighted by atomic mass is 79.9. The van der Waals surface area contributed by atoms with Crippen LogP contribution in [0.3, 0.4) is 0 Å². The molecule has 0 bridgehead atoms. The molecule has 0 spiro atoms. The summed E-state index contributed by atoms with van der Waals surface area (Å²) in [5, 5.41) is 3.31. The van der Waals surface area contributed by atoms with E-state index in [1.807, 2.05) is 60.7 Å². The van der Waals surface area contributed by atoms with Crippen LogP contribution in [-0.4, -0.2) is 44.7 Å². The summed E-state index contributed by atoms with van der Waals surface area (Å²) in [6, 6.07) is 22.5. The van der Waals surface area contributed by atoms with Gasteiger partial charge >= 0.3 is 0 Å². The summed E-state index contributed by atoms with van der Waals surface area (Å²) in [6.07, 6.45) is 0. The van der Waals surface area contributed by atoms with Crippen molar-refractivity contribution in [1.82, 2.24) is 9.62 Å². The molecule has 180 valence electrons. The fraction of sp³-hybridized carbons (Fsp3) is 0.250. The molecule has 0 aromatic heterocycles. The molecule has 3 aromatic rings. The second kappa shape index (κ2) is 10.6. The Morgan fingerprint density at radius 2 is 1.50 bits per heavy atom. The van der Waals surface area contributed by atoms with Gasteiger partial charge < -0.3 is 5.32 Å². The number of nitrogens with one attached hydrogen (secondary N) is 1. The Hall–Kier alpha value is -1.56. The lowest BCUT2D eigenvalue weighted by atomic mass is 10.1. The van der Waals surface area contributed by atoms with Gasteiger partial charge in [-0.3, -0.25) is 0 Å². The quantitative estimate of drug-likeness (QED) is 0.401. The molecule has 10 heteroatoms. The fourth-order valence-electron chi connectivity index (χ4n) is 4.10. The second-order valence-electron chi connectivity index (χ2n) is 8.23. The highest BCUT2D eigenvalue weighted by molar-refractivity contribution is 9.11. The third-order valence-corrected chi connectivity index (χ3v) is 10.8. The molecule has 34 heavy (non-hydrogen) atoms. The van der Waals surface area contributed by atoms with Crippen LogP contribution in [0.2, 0.25) is 0 Å². The molecule has 0 unspecified atom stereocenters. The first-order valence-corrected chi connectivity index (χ1v) is 15.5. The zero-order valence-corrected chi connectivity index (χ0v) is 22.9. The number of sulfonamides is 1. The summed E-state index contributed by atoms with van der Waals surface area (Å²) >= 11 is 6.72. The Kier molecular flexibility index (Phi) is 7.95. The molecule has 0 radical (unpaired) electrons. The molecule has 1 aliphatic heterocycles. The van der Waals surface area contributed by atoms with Crippen molar-refractivity contribution in [2.75, 3.05) is 11.5 Å². The average Bonchev–Trinajstić information content (AvgIpc) is 3.12. The number of sulfone groups is 1. The monoisotopic (exact) mass is 626 g/mol. The first kappa shape index (κ1) is 25.5. The van der Waals surface area contributed by atoms with Gasteiger partial charge in [-0.15, -0.1) is 0 Å². The van der Waals surface area contributed by atoms with Crippen LogP contribution in [0.5, 0.6) is 0 Å². The lowest BCUT2D eigenvalue weighted by Crippen LogP contribution is -2.51. The predicted octanol–water partition coefficient (Wildman–Crippen LogP) is 4.36. The van der Waals surface area contributed by atoms with Crippen LogP contribution >= 0.6 is 31.9 Å². The molecule has 3 aromatic carbocycles. The number of hydrogen-bond donors (Lipinski definition) is 1. The standard InChI is InChI=1S/C24H24Br2N2O4S2/c25-20-11-12-21(26)24(13-20)34(31,32)28(15-19-9-5-2-6-10-19)23-17-33(29,30)16-22(23)27-14-18-7-3-1-4-8-18/h1-13,22-23,27H,14-17H2/t22-,23+/m1/s1. The van der Waals surface area contributed by atoms with Gasteiger partial charge in [0.1, 0.15) is 0 Å². The number of benzene rings is 3. The van der Waals surface area contributed by atoms with Gasteiger partial charge in [-0.25, -0.2) is 16.8 Å². The Bertz CT molecular complexity index is 1350. The topological polar surface area (TPSA) is 83.6 Å². The number of rotatable bonds is 8. The van der Waals surface area contributed by atoms with Gasteiger partial charge in [0.2, 0.25) is 10.0 Å². The normalized spacial score (nSPS) is 20.0. The minimum atomic E-state index is -4.05. The summed E-state index contributed by atoms with van der Waals surface area (Å²) in [5.41, 5.74) is 1.78. The molecule has 1 fully saturated rings. The van der Waals surface area contributed by atoms with Crippen LogP contribution < -0.4 is 5.32 Å². The number of hydrogen-bond acceptors (Lipinski definition) is 5. The Balaban J connectivity index is 1.74. The van der Waals surface area contributed by atoms with Gasteiger partial charge in [-0.2, -0.15) is 4.31 Å². The van der Waals surface area contributed by atoms with E-state index in [2.05, 4.69) is 37.2 Å². The predicted molar refractivity (Wildman–Crippen MR) is 141 cm³/mol. The van der Waals surface area contributed by atoms with Gasteiger partial charge in [0, 0.05) is 28.1 Å². The molecule has 0 amide bonds. The van der Waals surface area contributed by atoms with Crippen molar-refractivity contribution < 1.29 is 16.8 Å². The van der Waals surface area contributed by atoms with E-state index >= 15 is 0 Å². The Labute approximate surface area is 217 Å². The van der Waals surface area contributed by atoms with Crippen LogP contribution in [-0.2, 0) is 33.0 Å². The largest absolute Gasteiger partial charge is 0.307 e. The van der Waals surface area contributed by atoms with E-state index < -0.39 is 31.9 Å². The van der Waals surface area contributed by atoms with Crippen molar-refractivity contribution in [1.29, 1.82) is 0 Å². The van der Waals surface area contributed by atoms with E-state index in [1.54, 1.807) is 12.1 Å².